The first-order valence-corrected chi connectivity index (χ1v) is 5.16. The van der Waals surface area contributed by atoms with E-state index in [9.17, 15) is 0 Å². The molecule has 0 aliphatic rings. The Balaban J connectivity index is 3.43. The summed E-state index contributed by atoms with van der Waals surface area (Å²) >= 11 is 4.63. The molecule has 0 aromatic heterocycles. The molecule has 13 heavy (non-hydrogen) atoms. The Hall–Kier alpha value is -0.640. The number of unbranched alkanes of at least 4 members (excludes halogenated alkanes) is 3. The van der Waals surface area contributed by atoms with E-state index in [0.29, 0.717) is 0 Å². The maximum atomic E-state index is 5.23. The largest absolute Gasteiger partial charge is 0.375 e. The van der Waals surface area contributed by atoms with Crippen molar-refractivity contribution < 1.29 is 0 Å². The van der Waals surface area contributed by atoms with Gasteiger partial charge < -0.3 is 5.73 Å². The highest BCUT2D eigenvalue weighted by Gasteiger charge is 1.92. The van der Waals surface area contributed by atoms with E-state index in [2.05, 4.69) is 29.7 Å². The van der Waals surface area contributed by atoms with Gasteiger partial charge in [-0.25, -0.2) is 0 Å². The first-order chi connectivity index (χ1) is 6.16. The topological polar surface area (TPSA) is 50.4 Å². The minimum absolute atomic E-state index is 0.230. The molecule has 0 unspecified atom stereocenters. The quantitative estimate of drug-likeness (QED) is 0.300. The normalized spacial score (nSPS) is 11.4. The monoisotopic (exact) mass is 201 g/mol. The minimum Gasteiger partial charge on any atom is -0.375 e. The number of hydrogen-bond donors (Lipinski definition) is 2. The Bertz CT molecular complexity index is 178. The number of hydrogen-bond acceptors (Lipinski definition) is 2. The molecule has 0 aliphatic carbocycles. The molecular weight excluding hydrogens is 182 g/mol. The van der Waals surface area contributed by atoms with Crippen molar-refractivity contribution in [3.05, 3.63) is 0 Å². The summed E-state index contributed by atoms with van der Waals surface area (Å²) in [4.78, 5) is 0. The smallest absolute Gasteiger partial charge is 0.184 e. The predicted octanol–water partition coefficient (Wildman–Crippen LogP) is 2.17. The third kappa shape index (κ3) is 9.27. The Morgan fingerprint density at radius 3 is 2.62 bits per heavy atom. The second kappa shape index (κ2) is 7.98. The third-order valence-electron chi connectivity index (χ3n) is 1.75. The first-order valence-electron chi connectivity index (χ1n) is 4.75. The lowest BCUT2D eigenvalue weighted by atomic mass is 10.1. The SMILES string of the molecule is CCCCCC/C(C)=N/NC(N)=S. The molecular formula is C9H19N3S. The summed E-state index contributed by atoms with van der Waals surface area (Å²) in [6, 6.07) is 0. The van der Waals surface area contributed by atoms with Crippen LogP contribution in [-0.4, -0.2) is 10.8 Å². The standard InChI is InChI=1S/C9H19N3S/c1-3-4-5-6-7-8(2)11-12-9(10)13/h3-7H2,1-2H3,(H3,10,12,13)/b11-8+. The lowest BCUT2D eigenvalue weighted by Crippen LogP contribution is -2.25. The van der Waals surface area contributed by atoms with Gasteiger partial charge in [-0.1, -0.05) is 26.2 Å². The molecule has 0 aliphatic heterocycles. The van der Waals surface area contributed by atoms with Crippen LogP contribution in [0.2, 0.25) is 0 Å². The van der Waals surface area contributed by atoms with Gasteiger partial charge in [0.25, 0.3) is 0 Å². The molecule has 0 spiro atoms. The van der Waals surface area contributed by atoms with Gasteiger partial charge in [0.1, 0.15) is 0 Å². The van der Waals surface area contributed by atoms with E-state index in [1.807, 2.05) is 6.92 Å². The number of hydrazone groups is 1. The van der Waals surface area contributed by atoms with Crippen LogP contribution in [0.5, 0.6) is 0 Å². The second-order valence-electron chi connectivity index (χ2n) is 3.13. The molecule has 76 valence electrons. The lowest BCUT2D eigenvalue weighted by Gasteiger charge is -2.01. The van der Waals surface area contributed by atoms with E-state index in [1.54, 1.807) is 0 Å². The molecule has 0 amide bonds. The van der Waals surface area contributed by atoms with E-state index >= 15 is 0 Å². The van der Waals surface area contributed by atoms with Gasteiger partial charge in [0.05, 0.1) is 0 Å². The van der Waals surface area contributed by atoms with Crippen molar-refractivity contribution in [2.45, 2.75) is 46.0 Å². The van der Waals surface area contributed by atoms with Gasteiger partial charge in [0, 0.05) is 5.71 Å². The summed E-state index contributed by atoms with van der Waals surface area (Å²) < 4.78 is 0. The van der Waals surface area contributed by atoms with Gasteiger partial charge in [0.15, 0.2) is 5.11 Å². The molecule has 3 nitrogen and oxygen atoms in total. The summed E-state index contributed by atoms with van der Waals surface area (Å²) in [6.45, 7) is 4.19. The fraction of sp³-hybridized carbons (Fsp3) is 0.778. The van der Waals surface area contributed by atoms with Crippen molar-refractivity contribution in [3.63, 3.8) is 0 Å². The van der Waals surface area contributed by atoms with Crippen molar-refractivity contribution in [2.75, 3.05) is 0 Å². The van der Waals surface area contributed by atoms with Crippen LogP contribution in [0.15, 0.2) is 5.10 Å². The number of nitrogens with zero attached hydrogens (tertiary/aromatic N) is 1. The van der Waals surface area contributed by atoms with Crippen LogP contribution in [0.25, 0.3) is 0 Å². The van der Waals surface area contributed by atoms with Crippen LogP contribution in [0, 0.1) is 0 Å². The molecule has 0 radical (unpaired) electrons. The van der Waals surface area contributed by atoms with Gasteiger partial charge in [-0.05, 0) is 32.0 Å². The highest BCUT2D eigenvalue weighted by Crippen LogP contribution is 2.02. The van der Waals surface area contributed by atoms with Gasteiger partial charge in [0.2, 0.25) is 0 Å². The van der Waals surface area contributed by atoms with Gasteiger partial charge in [-0.2, -0.15) is 5.10 Å². The summed E-state index contributed by atoms with van der Waals surface area (Å²) in [5.41, 5.74) is 8.87. The number of rotatable bonds is 6. The molecule has 0 aromatic rings. The highest BCUT2D eigenvalue weighted by molar-refractivity contribution is 7.80. The lowest BCUT2D eigenvalue weighted by molar-refractivity contribution is 0.681. The highest BCUT2D eigenvalue weighted by atomic mass is 32.1. The second-order valence-corrected chi connectivity index (χ2v) is 3.57. The molecule has 0 bridgehead atoms. The maximum absolute atomic E-state index is 5.23. The van der Waals surface area contributed by atoms with Crippen LogP contribution < -0.4 is 11.2 Å². The van der Waals surface area contributed by atoms with Crippen molar-refractivity contribution in [2.24, 2.45) is 10.8 Å². The van der Waals surface area contributed by atoms with Gasteiger partial charge in [-0.3, -0.25) is 5.43 Å². The van der Waals surface area contributed by atoms with Crippen molar-refractivity contribution >= 4 is 23.0 Å². The van der Waals surface area contributed by atoms with E-state index in [1.165, 1.54) is 25.7 Å². The molecule has 0 aromatic carbocycles. The van der Waals surface area contributed by atoms with Crippen molar-refractivity contribution in [1.29, 1.82) is 0 Å². The van der Waals surface area contributed by atoms with Gasteiger partial charge in [-0.15, -0.1) is 0 Å². The molecule has 0 heterocycles. The summed E-state index contributed by atoms with van der Waals surface area (Å²) in [6.07, 6.45) is 6.06. The summed E-state index contributed by atoms with van der Waals surface area (Å²) in [5.74, 6) is 0. The average molecular weight is 201 g/mol. The fourth-order valence-corrected chi connectivity index (χ4v) is 1.06. The van der Waals surface area contributed by atoms with Crippen molar-refractivity contribution in [3.8, 4) is 0 Å². The van der Waals surface area contributed by atoms with E-state index in [4.69, 9.17) is 5.73 Å². The number of nitrogens with two attached hydrogens (primary N) is 1. The molecule has 0 atom stereocenters. The Labute approximate surface area is 85.8 Å². The van der Waals surface area contributed by atoms with E-state index < -0.39 is 0 Å². The molecule has 4 heteroatoms. The Morgan fingerprint density at radius 2 is 2.08 bits per heavy atom. The Morgan fingerprint density at radius 1 is 1.38 bits per heavy atom. The number of nitrogens with one attached hydrogen (secondary N) is 1. The molecule has 0 fully saturated rings. The van der Waals surface area contributed by atoms with Crippen LogP contribution in [0.1, 0.15) is 46.0 Å². The van der Waals surface area contributed by atoms with Crippen LogP contribution >= 0.6 is 12.2 Å². The molecule has 0 rings (SSSR count). The zero-order chi connectivity index (χ0) is 10.1. The molecule has 0 saturated heterocycles. The van der Waals surface area contributed by atoms with Crippen molar-refractivity contribution in [1.82, 2.24) is 5.43 Å². The first kappa shape index (κ1) is 12.4. The van der Waals surface area contributed by atoms with Crippen LogP contribution in [0.3, 0.4) is 0 Å². The Kier molecular flexibility index (Phi) is 7.59. The van der Waals surface area contributed by atoms with E-state index in [0.717, 1.165) is 12.1 Å². The summed E-state index contributed by atoms with van der Waals surface area (Å²) in [5, 5.41) is 4.25. The zero-order valence-electron chi connectivity index (χ0n) is 8.47. The average Bonchev–Trinajstić information content (AvgIpc) is 2.09. The predicted molar refractivity (Wildman–Crippen MR) is 61.8 cm³/mol. The minimum atomic E-state index is 0.230. The third-order valence-corrected chi connectivity index (χ3v) is 1.84. The van der Waals surface area contributed by atoms with Crippen LogP contribution in [0.4, 0.5) is 0 Å². The summed E-state index contributed by atoms with van der Waals surface area (Å²) in [7, 11) is 0. The maximum Gasteiger partial charge on any atom is 0.184 e. The van der Waals surface area contributed by atoms with Gasteiger partial charge >= 0.3 is 0 Å². The van der Waals surface area contributed by atoms with Crippen LogP contribution in [-0.2, 0) is 0 Å². The van der Waals surface area contributed by atoms with E-state index in [-0.39, 0.29) is 5.11 Å². The zero-order valence-corrected chi connectivity index (χ0v) is 9.28. The molecule has 3 N–H and O–H groups in total. The fourth-order valence-electron chi connectivity index (χ4n) is 1.01. The molecule has 0 saturated carbocycles. The number of thiocarbonyl (C=S) groups is 1.